The minimum atomic E-state index is -0.436. The highest BCUT2D eigenvalue weighted by molar-refractivity contribution is 5.60. The zero-order chi connectivity index (χ0) is 15.5. The van der Waals surface area contributed by atoms with Gasteiger partial charge in [0, 0.05) is 13.1 Å². The molecule has 0 spiro atoms. The van der Waals surface area contributed by atoms with Gasteiger partial charge in [-0.15, -0.1) is 0 Å². The van der Waals surface area contributed by atoms with E-state index in [1.807, 2.05) is 6.92 Å². The average molecular weight is 294 g/mol. The largest absolute Gasteiger partial charge is 0.383 e. The van der Waals surface area contributed by atoms with E-state index in [0.717, 1.165) is 19.3 Å². The number of hydrogen-bond donors (Lipinski definition) is 3. The number of nitrogens with one attached hydrogen (secondary N) is 2. The number of hydrogen-bond acceptors (Lipinski definition) is 4. The molecule has 0 aromatic carbocycles. The molecular weight excluding hydrogens is 268 g/mol. The van der Waals surface area contributed by atoms with E-state index in [2.05, 4.69) is 17.2 Å². The molecule has 1 fully saturated rings. The van der Waals surface area contributed by atoms with Crippen LogP contribution in [0.25, 0.3) is 0 Å². The van der Waals surface area contributed by atoms with Gasteiger partial charge in [0.15, 0.2) is 0 Å². The fourth-order valence-electron chi connectivity index (χ4n) is 3.09. The highest BCUT2D eigenvalue weighted by Gasteiger charge is 2.27. The van der Waals surface area contributed by atoms with E-state index in [9.17, 15) is 9.59 Å². The summed E-state index contributed by atoms with van der Waals surface area (Å²) in [6.45, 7) is 5.43. The first-order valence-electron chi connectivity index (χ1n) is 7.83. The first kappa shape index (κ1) is 15.7. The first-order chi connectivity index (χ1) is 9.97. The molecule has 1 aliphatic carbocycles. The normalized spacial score (nSPS) is 17.6. The Kier molecular flexibility index (Phi) is 4.75. The van der Waals surface area contributed by atoms with Crippen molar-refractivity contribution in [2.24, 2.45) is 5.41 Å². The van der Waals surface area contributed by atoms with Crippen LogP contribution in [0.4, 0.5) is 11.5 Å². The number of nitrogens with two attached hydrogens (primary N) is 1. The maximum Gasteiger partial charge on any atom is 0.330 e. The van der Waals surface area contributed by atoms with Crippen molar-refractivity contribution < 1.29 is 0 Å². The van der Waals surface area contributed by atoms with Crippen molar-refractivity contribution in [2.45, 2.75) is 58.9 Å². The van der Waals surface area contributed by atoms with E-state index in [1.165, 1.54) is 23.8 Å². The molecule has 0 radical (unpaired) electrons. The highest BCUT2D eigenvalue weighted by Crippen LogP contribution is 2.35. The number of aromatic nitrogens is 2. The van der Waals surface area contributed by atoms with Crippen LogP contribution < -0.4 is 22.3 Å². The summed E-state index contributed by atoms with van der Waals surface area (Å²) in [7, 11) is 0. The zero-order valence-electron chi connectivity index (χ0n) is 13.0. The van der Waals surface area contributed by atoms with Crippen LogP contribution in [0.3, 0.4) is 0 Å². The molecule has 0 unspecified atom stereocenters. The molecule has 0 amide bonds. The minimum Gasteiger partial charge on any atom is -0.383 e. The molecule has 1 aliphatic rings. The summed E-state index contributed by atoms with van der Waals surface area (Å²) in [4.78, 5) is 26.1. The van der Waals surface area contributed by atoms with Crippen LogP contribution in [0.1, 0.15) is 52.4 Å². The van der Waals surface area contributed by atoms with E-state index in [1.54, 1.807) is 0 Å². The van der Waals surface area contributed by atoms with E-state index in [4.69, 9.17) is 5.73 Å². The molecule has 118 valence electrons. The van der Waals surface area contributed by atoms with E-state index in [0.29, 0.717) is 18.8 Å². The summed E-state index contributed by atoms with van der Waals surface area (Å²) in [5, 5.41) is 3.19. The maximum absolute atomic E-state index is 12.0. The number of anilines is 2. The van der Waals surface area contributed by atoms with E-state index < -0.39 is 11.2 Å². The molecule has 0 atom stereocenters. The first-order valence-corrected chi connectivity index (χ1v) is 7.83. The van der Waals surface area contributed by atoms with Crippen molar-refractivity contribution in [1.29, 1.82) is 0 Å². The zero-order valence-corrected chi connectivity index (χ0v) is 13.0. The van der Waals surface area contributed by atoms with Crippen molar-refractivity contribution in [3.63, 3.8) is 0 Å². The van der Waals surface area contributed by atoms with Crippen molar-refractivity contribution >= 4 is 11.5 Å². The number of nitrogen functional groups attached to an aromatic ring is 1. The van der Waals surface area contributed by atoms with Crippen molar-refractivity contribution in [3.8, 4) is 0 Å². The molecule has 1 heterocycles. The average Bonchev–Trinajstić information content (AvgIpc) is 2.44. The van der Waals surface area contributed by atoms with Crippen LogP contribution in [0, 0.1) is 5.41 Å². The lowest BCUT2D eigenvalue weighted by Crippen LogP contribution is -2.36. The monoisotopic (exact) mass is 294 g/mol. The molecule has 6 nitrogen and oxygen atoms in total. The lowest BCUT2D eigenvalue weighted by atomic mass is 9.76. The molecule has 1 saturated carbocycles. The van der Waals surface area contributed by atoms with Gasteiger partial charge in [0.25, 0.3) is 5.56 Å². The molecule has 0 saturated heterocycles. The lowest BCUT2D eigenvalue weighted by molar-refractivity contribution is 0.233. The summed E-state index contributed by atoms with van der Waals surface area (Å²) >= 11 is 0. The summed E-state index contributed by atoms with van der Waals surface area (Å²) < 4.78 is 1.42. The topological polar surface area (TPSA) is 92.9 Å². The van der Waals surface area contributed by atoms with Crippen LogP contribution in [-0.2, 0) is 6.54 Å². The summed E-state index contributed by atoms with van der Waals surface area (Å²) in [6.07, 6.45) is 6.87. The molecule has 2 rings (SSSR count). The molecule has 4 N–H and O–H groups in total. The van der Waals surface area contributed by atoms with Gasteiger partial charge in [-0.25, -0.2) is 4.79 Å². The molecule has 1 aromatic rings. The second-order valence-electron chi connectivity index (χ2n) is 6.40. The fourth-order valence-corrected chi connectivity index (χ4v) is 3.09. The third-order valence-corrected chi connectivity index (χ3v) is 4.44. The second kappa shape index (κ2) is 6.37. The molecule has 21 heavy (non-hydrogen) atoms. The predicted molar refractivity (Wildman–Crippen MR) is 85.7 cm³/mol. The lowest BCUT2D eigenvalue weighted by Gasteiger charge is -2.34. The highest BCUT2D eigenvalue weighted by atomic mass is 16.2. The predicted octanol–water partition coefficient (Wildman–Crippen LogP) is 1.91. The SMILES string of the molecule is CCCn1c(N)c(NCC2(C)CCCCC2)c(=O)[nH]c1=O. The van der Waals surface area contributed by atoms with E-state index in [-0.39, 0.29) is 11.2 Å². The molecule has 6 heteroatoms. The van der Waals surface area contributed by atoms with Gasteiger partial charge in [0.1, 0.15) is 11.5 Å². The van der Waals surface area contributed by atoms with Gasteiger partial charge in [-0.05, 0) is 24.7 Å². The van der Waals surface area contributed by atoms with Crippen molar-refractivity contribution in [1.82, 2.24) is 9.55 Å². The van der Waals surface area contributed by atoms with Gasteiger partial charge in [-0.1, -0.05) is 33.1 Å². The number of H-pyrrole nitrogens is 1. The Morgan fingerprint density at radius 1 is 1.29 bits per heavy atom. The van der Waals surface area contributed by atoms with E-state index >= 15 is 0 Å². The van der Waals surface area contributed by atoms with Gasteiger partial charge < -0.3 is 11.1 Å². The Balaban J connectivity index is 2.21. The summed E-state index contributed by atoms with van der Waals surface area (Å²) in [6, 6.07) is 0. The Morgan fingerprint density at radius 3 is 2.57 bits per heavy atom. The van der Waals surface area contributed by atoms with Crippen LogP contribution in [0.15, 0.2) is 9.59 Å². The van der Waals surface area contributed by atoms with Crippen LogP contribution in [0.2, 0.25) is 0 Å². The smallest absolute Gasteiger partial charge is 0.330 e. The number of aromatic amines is 1. The Labute approximate surface area is 124 Å². The molecule has 0 bridgehead atoms. The maximum atomic E-state index is 12.0. The van der Waals surface area contributed by atoms with Gasteiger partial charge in [-0.3, -0.25) is 14.3 Å². The second-order valence-corrected chi connectivity index (χ2v) is 6.40. The fraction of sp³-hybridized carbons (Fsp3) is 0.733. The number of nitrogens with zero attached hydrogens (tertiary/aromatic N) is 1. The van der Waals surface area contributed by atoms with Gasteiger partial charge in [0.2, 0.25) is 0 Å². The third kappa shape index (κ3) is 3.49. The van der Waals surface area contributed by atoms with Gasteiger partial charge in [0.05, 0.1) is 0 Å². The Hall–Kier alpha value is -1.72. The van der Waals surface area contributed by atoms with Crippen LogP contribution in [0.5, 0.6) is 0 Å². The number of rotatable bonds is 5. The Bertz CT molecular complexity index is 597. The molecule has 0 aliphatic heterocycles. The summed E-state index contributed by atoms with van der Waals surface area (Å²) in [5.41, 5.74) is 5.67. The van der Waals surface area contributed by atoms with Crippen molar-refractivity contribution in [2.75, 3.05) is 17.6 Å². The van der Waals surface area contributed by atoms with Crippen LogP contribution >= 0.6 is 0 Å². The third-order valence-electron chi connectivity index (χ3n) is 4.44. The molecule has 1 aromatic heterocycles. The standard InChI is InChI=1S/C15H26N4O2/c1-3-9-19-12(16)11(13(20)18-14(19)21)17-10-15(2)7-5-4-6-8-15/h17H,3-10,16H2,1-2H3,(H,18,20,21). The quantitative estimate of drug-likeness (QED) is 0.773. The van der Waals surface area contributed by atoms with Crippen molar-refractivity contribution in [3.05, 3.63) is 20.8 Å². The summed E-state index contributed by atoms with van der Waals surface area (Å²) in [5.74, 6) is 0.241. The molecular formula is C15H26N4O2. The Morgan fingerprint density at radius 2 is 1.95 bits per heavy atom. The minimum absolute atomic E-state index is 0.197. The van der Waals surface area contributed by atoms with Gasteiger partial charge in [-0.2, -0.15) is 0 Å². The van der Waals surface area contributed by atoms with Gasteiger partial charge >= 0.3 is 5.69 Å². The van der Waals surface area contributed by atoms with Crippen LogP contribution in [-0.4, -0.2) is 16.1 Å².